The van der Waals surface area contributed by atoms with E-state index in [0.29, 0.717) is 21.5 Å². The van der Waals surface area contributed by atoms with E-state index in [9.17, 15) is 19.7 Å². The third-order valence-electron chi connectivity index (χ3n) is 3.55. The van der Waals surface area contributed by atoms with Crippen molar-refractivity contribution in [3.63, 3.8) is 0 Å². The Hall–Kier alpha value is -2.31. The van der Waals surface area contributed by atoms with Crippen molar-refractivity contribution in [3.05, 3.63) is 23.3 Å². The summed E-state index contributed by atoms with van der Waals surface area (Å²) in [6.45, 7) is 1.37. The summed E-state index contributed by atoms with van der Waals surface area (Å²) in [6.07, 6.45) is 0.375. The van der Waals surface area contributed by atoms with Crippen molar-refractivity contribution in [2.75, 3.05) is 12.4 Å². The number of anilines is 1. The van der Waals surface area contributed by atoms with E-state index in [0.717, 1.165) is 0 Å². The van der Waals surface area contributed by atoms with Crippen molar-refractivity contribution in [2.24, 2.45) is 0 Å². The number of aromatic nitrogens is 2. The molecule has 0 saturated heterocycles. The number of benzene rings is 1. The summed E-state index contributed by atoms with van der Waals surface area (Å²) in [7, 11) is 0.139. The Morgan fingerprint density at radius 2 is 2.23 bits per heavy atom. The van der Waals surface area contributed by atoms with Gasteiger partial charge in [-0.05, 0) is 18.1 Å². The largest absolute Gasteiger partial charge is 0.537 e. The third kappa shape index (κ3) is 3.76. The molecular formula is C14H14BN3O6S2. The summed E-state index contributed by atoms with van der Waals surface area (Å²) in [5.74, 6) is -1.17. The molecule has 0 radical (unpaired) electrons. The molecule has 26 heavy (non-hydrogen) atoms. The van der Waals surface area contributed by atoms with Gasteiger partial charge >= 0.3 is 13.1 Å². The van der Waals surface area contributed by atoms with Crippen LogP contribution in [0.5, 0.6) is 11.5 Å². The predicted molar refractivity (Wildman–Crippen MR) is 96.1 cm³/mol. The smallest absolute Gasteiger partial charge is 0.534 e. The standard InChI is InChI=1S/C14H14BN3O6S2/c1-6(19)16-13-17-18-14(26-13)25-9-5-7-3-4-8(23-2)10(12(20)21)11(7)24-15(9)22/h3-4,9,22H,5H2,1-2H3,(H,20,21)(H,16,17,19)/t9-/m0/s1. The van der Waals surface area contributed by atoms with Crippen LogP contribution in [0.15, 0.2) is 16.5 Å². The highest BCUT2D eigenvalue weighted by Gasteiger charge is 2.39. The quantitative estimate of drug-likeness (QED) is 0.507. The van der Waals surface area contributed by atoms with Crippen LogP contribution < -0.4 is 14.7 Å². The molecule has 1 aliphatic rings. The molecule has 12 heteroatoms. The number of hydrogen-bond donors (Lipinski definition) is 3. The van der Waals surface area contributed by atoms with Crippen molar-refractivity contribution >= 4 is 47.2 Å². The van der Waals surface area contributed by atoms with Gasteiger partial charge in [0.05, 0.1) is 12.3 Å². The lowest BCUT2D eigenvalue weighted by Crippen LogP contribution is -2.40. The Morgan fingerprint density at radius 1 is 1.46 bits per heavy atom. The first kappa shape index (κ1) is 18.5. The van der Waals surface area contributed by atoms with E-state index in [2.05, 4.69) is 15.5 Å². The fourth-order valence-electron chi connectivity index (χ4n) is 2.48. The molecule has 9 nitrogen and oxygen atoms in total. The maximum absolute atomic E-state index is 11.5. The first-order valence-corrected chi connectivity index (χ1v) is 9.14. The van der Waals surface area contributed by atoms with E-state index < -0.39 is 18.2 Å². The highest BCUT2D eigenvalue weighted by Crippen LogP contribution is 2.40. The molecule has 0 unspecified atom stereocenters. The lowest BCUT2D eigenvalue weighted by Gasteiger charge is -2.27. The topological polar surface area (TPSA) is 131 Å². The van der Waals surface area contributed by atoms with Gasteiger partial charge in [-0.3, -0.25) is 4.79 Å². The molecule has 1 amide bonds. The number of carboxylic acid groups (broad SMARTS) is 1. The first-order chi connectivity index (χ1) is 12.4. The fraction of sp³-hybridized carbons (Fsp3) is 0.286. The lowest BCUT2D eigenvalue weighted by atomic mass is 9.77. The summed E-state index contributed by atoms with van der Waals surface area (Å²) in [6, 6.07) is 3.27. The Morgan fingerprint density at radius 3 is 2.88 bits per heavy atom. The number of rotatable bonds is 5. The van der Waals surface area contributed by atoms with Crippen LogP contribution in [0.4, 0.5) is 5.13 Å². The van der Waals surface area contributed by atoms with E-state index in [4.69, 9.17) is 9.39 Å². The number of carboxylic acids is 1. The zero-order chi connectivity index (χ0) is 18.8. The van der Waals surface area contributed by atoms with Gasteiger partial charge in [0, 0.05) is 6.92 Å². The van der Waals surface area contributed by atoms with Crippen LogP contribution in [0.2, 0.25) is 0 Å². The highest BCUT2D eigenvalue weighted by molar-refractivity contribution is 8.02. The molecule has 1 aromatic carbocycles. The molecule has 2 heterocycles. The van der Waals surface area contributed by atoms with Crippen molar-refractivity contribution in [2.45, 2.75) is 22.8 Å². The molecule has 0 saturated carbocycles. The molecule has 0 aliphatic carbocycles. The Labute approximate surface area is 156 Å². The van der Waals surface area contributed by atoms with Crippen molar-refractivity contribution in [1.29, 1.82) is 0 Å². The molecule has 3 rings (SSSR count). The maximum atomic E-state index is 11.5. The van der Waals surface area contributed by atoms with Gasteiger partial charge in [0.1, 0.15) is 17.1 Å². The number of nitrogens with zero attached hydrogens (tertiary/aromatic N) is 2. The maximum Gasteiger partial charge on any atom is 0.537 e. The van der Waals surface area contributed by atoms with Crippen molar-refractivity contribution in [3.8, 4) is 11.5 Å². The molecule has 0 fully saturated rings. The minimum absolute atomic E-state index is 0.109. The zero-order valence-corrected chi connectivity index (χ0v) is 15.4. The number of methoxy groups -OCH3 is 1. The Kier molecular flexibility index (Phi) is 5.34. The van der Waals surface area contributed by atoms with Gasteiger partial charge < -0.3 is 24.8 Å². The molecule has 0 spiro atoms. The van der Waals surface area contributed by atoms with Gasteiger partial charge in [0.25, 0.3) is 0 Å². The molecule has 2 aromatic rings. The number of amides is 1. The first-order valence-electron chi connectivity index (χ1n) is 7.44. The SMILES string of the molecule is COc1ccc2c(c1C(=O)O)OB(O)[C@@H](Sc1nnc(NC(C)=O)s1)C2. The second kappa shape index (κ2) is 7.52. The fourth-order valence-corrected chi connectivity index (χ4v) is 4.58. The van der Waals surface area contributed by atoms with E-state index >= 15 is 0 Å². The summed E-state index contributed by atoms with van der Waals surface area (Å²) in [4.78, 5) is 22.6. The van der Waals surface area contributed by atoms with Crippen LogP contribution in [-0.2, 0) is 11.2 Å². The molecule has 0 bridgehead atoms. The third-order valence-corrected chi connectivity index (χ3v) is 5.71. The van der Waals surface area contributed by atoms with Gasteiger partial charge in [-0.1, -0.05) is 29.2 Å². The van der Waals surface area contributed by atoms with Crippen LogP contribution in [0, 0.1) is 0 Å². The zero-order valence-electron chi connectivity index (χ0n) is 13.8. The molecule has 3 N–H and O–H groups in total. The Balaban J connectivity index is 1.82. The second-order valence-electron chi connectivity index (χ2n) is 5.36. The number of carbonyl (C=O) groups is 2. The number of aromatic carboxylic acids is 1. The normalized spacial score (nSPS) is 15.8. The van der Waals surface area contributed by atoms with Crippen molar-refractivity contribution in [1.82, 2.24) is 10.2 Å². The van der Waals surface area contributed by atoms with Crippen LogP contribution in [0.25, 0.3) is 0 Å². The molecule has 136 valence electrons. The summed E-state index contributed by atoms with van der Waals surface area (Å²) >= 11 is 2.43. The van der Waals surface area contributed by atoms with E-state index in [1.165, 1.54) is 37.1 Å². The minimum atomic E-state index is -1.23. The van der Waals surface area contributed by atoms with Gasteiger partial charge in [-0.2, -0.15) is 0 Å². The Bertz CT molecular complexity index is 861. The van der Waals surface area contributed by atoms with Crippen LogP contribution in [0.1, 0.15) is 22.8 Å². The van der Waals surface area contributed by atoms with Crippen molar-refractivity contribution < 1.29 is 29.1 Å². The molecule has 1 atom stereocenters. The summed E-state index contributed by atoms with van der Waals surface area (Å²) < 4.78 is 11.1. The number of fused-ring (bicyclic) bond motifs is 1. The number of carbonyl (C=O) groups excluding carboxylic acids is 1. The van der Waals surface area contributed by atoms with Crippen LogP contribution >= 0.6 is 23.1 Å². The average molecular weight is 395 g/mol. The van der Waals surface area contributed by atoms with E-state index in [1.54, 1.807) is 12.1 Å². The predicted octanol–water partition coefficient (Wildman–Crippen LogP) is 1.32. The average Bonchev–Trinajstić information content (AvgIpc) is 3.00. The number of hydrogen-bond acceptors (Lipinski definition) is 9. The summed E-state index contributed by atoms with van der Waals surface area (Å²) in [5, 5.41) is 30.0. The summed E-state index contributed by atoms with van der Waals surface area (Å²) in [5.41, 5.74) is 0.536. The molecule has 1 aliphatic heterocycles. The number of nitrogens with one attached hydrogen (secondary N) is 1. The lowest BCUT2D eigenvalue weighted by molar-refractivity contribution is -0.114. The number of thioether (sulfide) groups is 1. The van der Waals surface area contributed by atoms with Gasteiger partial charge in [-0.15, -0.1) is 10.2 Å². The monoisotopic (exact) mass is 395 g/mol. The second-order valence-corrected chi connectivity index (χ2v) is 7.82. The van der Waals surface area contributed by atoms with Crippen LogP contribution in [-0.4, -0.2) is 51.6 Å². The minimum Gasteiger partial charge on any atom is -0.534 e. The van der Waals surface area contributed by atoms with Gasteiger partial charge in [0.2, 0.25) is 11.0 Å². The van der Waals surface area contributed by atoms with E-state index in [1.807, 2.05) is 0 Å². The highest BCUT2D eigenvalue weighted by atomic mass is 32.2. The molecule has 1 aromatic heterocycles. The van der Waals surface area contributed by atoms with Gasteiger partial charge in [0.15, 0.2) is 4.34 Å². The number of ether oxygens (including phenoxy) is 1. The van der Waals surface area contributed by atoms with Gasteiger partial charge in [-0.25, -0.2) is 4.79 Å². The van der Waals surface area contributed by atoms with E-state index in [-0.39, 0.29) is 23.0 Å². The molecular weight excluding hydrogens is 381 g/mol. The van der Waals surface area contributed by atoms with Crippen LogP contribution in [0.3, 0.4) is 0 Å².